The lowest BCUT2D eigenvalue weighted by atomic mass is 10.1. The summed E-state index contributed by atoms with van der Waals surface area (Å²) in [7, 11) is 0. The van der Waals surface area contributed by atoms with Crippen LogP contribution in [0.15, 0.2) is 0 Å². The van der Waals surface area contributed by atoms with Gasteiger partial charge in [0.15, 0.2) is 0 Å². The highest BCUT2D eigenvalue weighted by molar-refractivity contribution is 4.72. The van der Waals surface area contributed by atoms with Crippen LogP contribution >= 0.6 is 0 Å². The summed E-state index contributed by atoms with van der Waals surface area (Å²) in [6, 6.07) is 0. The van der Waals surface area contributed by atoms with Crippen LogP contribution in [0.25, 0.3) is 0 Å². The van der Waals surface area contributed by atoms with Crippen LogP contribution in [0.3, 0.4) is 0 Å². The molecule has 1 fully saturated rings. The fraction of sp³-hybridized carbons (Fsp3) is 1.00. The van der Waals surface area contributed by atoms with Gasteiger partial charge in [-0.05, 0) is 18.8 Å². The molecule has 1 saturated heterocycles. The average Bonchev–Trinajstić information content (AvgIpc) is 2.09. The molecule has 1 heterocycles. The Morgan fingerprint density at radius 3 is 2.50 bits per heavy atom. The maximum atomic E-state index is 9.24. The normalized spacial score (nSPS) is 24.2. The molecule has 0 amide bonds. The minimum Gasteiger partial charge on any atom is -0.396 e. The zero-order chi connectivity index (χ0) is 8.97. The van der Waals surface area contributed by atoms with Crippen molar-refractivity contribution in [3.05, 3.63) is 0 Å². The minimum absolute atomic E-state index is 0.0920. The summed E-state index contributed by atoms with van der Waals surface area (Å²) in [5.74, 6) is 0.361. The predicted octanol–water partition coefficient (Wildman–Crippen LogP) is 0.0715. The van der Waals surface area contributed by atoms with E-state index in [1.165, 1.54) is 0 Å². The molecule has 72 valence electrons. The highest BCUT2D eigenvalue weighted by Crippen LogP contribution is 2.11. The number of nitrogens with zero attached hydrogens (tertiary/aromatic N) is 1. The lowest BCUT2D eigenvalue weighted by Gasteiger charge is -2.30. The molecule has 1 unspecified atom stereocenters. The van der Waals surface area contributed by atoms with Gasteiger partial charge in [-0.1, -0.05) is 6.92 Å². The number of likely N-dealkylation sites (tertiary alicyclic amines) is 1. The van der Waals surface area contributed by atoms with Gasteiger partial charge in [-0.2, -0.15) is 0 Å². The molecule has 0 aromatic rings. The molecular weight excluding hydrogens is 154 g/mol. The van der Waals surface area contributed by atoms with Crippen molar-refractivity contribution in [3.8, 4) is 0 Å². The van der Waals surface area contributed by atoms with Crippen LogP contribution in [-0.2, 0) is 0 Å². The number of hydrogen-bond acceptors (Lipinski definition) is 3. The molecule has 2 N–H and O–H groups in total. The Morgan fingerprint density at radius 2 is 2.00 bits per heavy atom. The van der Waals surface area contributed by atoms with E-state index in [0.29, 0.717) is 5.92 Å². The van der Waals surface area contributed by atoms with Crippen molar-refractivity contribution >= 4 is 0 Å². The number of aliphatic hydroxyl groups excluding tert-OH is 2. The summed E-state index contributed by atoms with van der Waals surface area (Å²) >= 11 is 0. The third kappa shape index (κ3) is 3.09. The number of hydrogen-bond donors (Lipinski definition) is 2. The number of aliphatic hydroxyl groups is 2. The van der Waals surface area contributed by atoms with Crippen molar-refractivity contribution in [2.45, 2.75) is 25.9 Å². The van der Waals surface area contributed by atoms with E-state index in [-0.39, 0.29) is 12.7 Å². The topological polar surface area (TPSA) is 43.7 Å². The van der Waals surface area contributed by atoms with E-state index >= 15 is 0 Å². The van der Waals surface area contributed by atoms with Gasteiger partial charge in [0, 0.05) is 26.2 Å². The van der Waals surface area contributed by atoms with Gasteiger partial charge in [0.1, 0.15) is 0 Å². The lowest BCUT2D eigenvalue weighted by molar-refractivity contribution is 0.0697. The molecule has 0 aromatic carbocycles. The van der Waals surface area contributed by atoms with Gasteiger partial charge in [-0.15, -0.1) is 0 Å². The van der Waals surface area contributed by atoms with E-state index in [4.69, 9.17) is 5.11 Å². The van der Waals surface area contributed by atoms with E-state index in [1.807, 2.05) is 6.92 Å². The van der Waals surface area contributed by atoms with Crippen molar-refractivity contribution in [1.29, 1.82) is 0 Å². The van der Waals surface area contributed by atoms with Crippen molar-refractivity contribution in [1.82, 2.24) is 4.90 Å². The third-order valence-corrected chi connectivity index (χ3v) is 2.44. The van der Waals surface area contributed by atoms with Gasteiger partial charge >= 0.3 is 0 Å². The molecule has 12 heavy (non-hydrogen) atoms. The highest BCUT2D eigenvalue weighted by atomic mass is 16.3. The van der Waals surface area contributed by atoms with E-state index < -0.39 is 0 Å². The summed E-state index contributed by atoms with van der Waals surface area (Å²) in [5.41, 5.74) is 0. The summed E-state index contributed by atoms with van der Waals surface area (Å²) < 4.78 is 0. The highest BCUT2D eigenvalue weighted by Gasteiger charge is 2.17. The van der Waals surface area contributed by atoms with E-state index in [1.54, 1.807) is 0 Å². The second kappa shape index (κ2) is 4.80. The van der Waals surface area contributed by atoms with Crippen LogP contribution in [0.2, 0.25) is 0 Å². The monoisotopic (exact) mass is 173 g/mol. The Hall–Kier alpha value is -0.120. The van der Waals surface area contributed by atoms with Gasteiger partial charge in [-0.3, -0.25) is 0 Å². The summed E-state index contributed by atoms with van der Waals surface area (Å²) in [6.45, 7) is 5.23. The molecule has 1 rings (SSSR count). The van der Waals surface area contributed by atoms with Crippen LogP contribution in [0, 0.1) is 5.92 Å². The first kappa shape index (κ1) is 9.96. The zero-order valence-electron chi connectivity index (χ0n) is 7.74. The first-order valence-corrected chi connectivity index (χ1v) is 4.73. The number of piperidine rings is 1. The van der Waals surface area contributed by atoms with Gasteiger partial charge in [0.25, 0.3) is 0 Å². The molecule has 3 nitrogen and oxygen atoms in total. The molecule has 1 atom stereocenters. The van der Waals surface area contributed by atoms with Gasteiger partial charge in [-0.25, -0.2) is 0 Å². The molecule has 1 aliphatic heterocycles. The van der Waals surface area contributed by atoms with Crippen LogP contribution < -0.4 is 0 Å². The van der Waals surface area contributed by atoms with E-state index in [0.717, 1.165) is 32.5 Å². The standard InChI is InChI=1S/C9H19NO2/c1-8(7-11)6-10-4-2-9(12)3-5-10/h8-9,11-12H,2-7H2,1H3. The molecule has 3 heteroatoms. The minimum atomic E-state index is -0.0920. The molecule has 0 aromatic heterocycles. The van der Waals surface area contributed by atoms with Crippen LogP contribution in [0.5, 0.6) is 0 Å². The Labute approximate surface area is 74.0 Å². The first-order chi connectivity index (χ1) is 5.72. The quantitative estimate of drug-likeness (QED) is 0.635. The van der Waals surface area contributed by atoms with Crippen LogP contribution in [0.1, 0.15) is 19.8 Å². The number of rotatable bonds is 3. The van der Waals surface area contributed by atoms with Crippen LogP contribution in [0.4, 0.5) is 0 Å². The fourth-order valence-corrected chi connectivity index (χ4v) is 1.60. The summed E-state index contributed by atoms with van der Waals surface area (Å²) in [5, 5.41) is 18.1. The third-order valence-electron chi connectivity index (χ3n) is 2.44. The second-order valence-corrected chi connectivity index (χ2v) is 3.82. The van der Waals surface area contributed by atoms with Crippen molar-refractivity contribution < 1.29 is 10.2 Å². The molecule has 0 bridgehead atoms. The SMILES string of the molecule is CC(CO)CN1CCC(O)CC1. The van der Waals surface area contributed by atoms with Crippen molar-refractivity contribution in [2.75, 3.05) is 26.2 Å². The smallest absolute Gasteiger partial charge is 0.0564 e. The second-order valence-electron chi connectivity index (χ2n) is 3.82. The molecule has 0 aliphatic carbocycles. The van der Waals surface area contributed by atoms with Gasteiger partial charge < -0.3 is 15.1 Å². The van der Waals surface area contributed by atoms with E-state index in [9.17, 15) is 5.11 Å². The maximum absolute atomic E-state index is 9.24. The molecule has 1 aliphatic rings. The molecule has 0 spiro atoms. The fourth-order valence-electron chi connectivity index (χ4n) is 1.60. The summed E-state index contributed by atoms with van der Waals surface area (Å²) in [6.07, 6.45) is 1.68. The first-order valence-electron chi connectivity index (χ1n) is 4.73. The van der Waals surface area contributed by atoms with E-state index in [2.05, 4.69) is 4.90 Å². The van der Waals surface area contributed by atoms with Crippen molar-refractivity contribution in [2.24, 2.45) is 5.92 Å². The molecular formula is C9H19NO2. The lowest BCUT2D eigenvalue weighted by Crippen LogP contribution is -2.38. The van der Waals surface area contributed by atoms with Gasteiger partial charge in [0.2, 0.25) is 0 Å². The Bertz CT molecular complexity index is 122. The Kier molecular flexibility index (Phi) is 3.98. The maximum Gasteiger partial charge on any atom is 0.0564 e. The Balaban J connectivity index is 2.17. The molecule has 0 saturated carbocycles. The summed E-state index contributed by atoms with van der Waals surface area (Å²) in [4.78, 5) is 2.31. The Morgan fingerprint density at radius 1 is 1.42 bits per heavy atom. The zero-order valence-corrected chi connectivity index (χ0v) is 7.74. The van der Waals surface area contributed by atoms with Gasteiger partial charge in [0.05, 0.1) is 6.10 Å². The van der Waals surface area contributed by atoms with Crippen LogP contribution in [-0.4, -0.2) is 47.5 Å². The predicted molar refractivity (Wildman–Crippen MR) is 47.9 cm³/mol. The average molecular weight is 173 g/mol. The largest absolute Gasteiger partial charge is 0.396 e. The van der Waals surface area contributed by atoms with Crippen molar-refractivity contribution in [3.63, 3.8) is 0 Å². The molecule has 0 radical (unpaired) electrons.